The second kappa shape index (κ2) is 7.80. The maximum absolute atomic E-state index is 11.4. The van der Waals surface area contributed by atoms with Crippen LogP contribution in [-0.4, -0.2) is 35.0 Å². The summed E-state index contributed by atoms with van der Waals surface area (Å²) >= 11 is 0. The molecule has 0 spiro atoms. The molecule has 0 amide bonds. The van der Waals surface area contributed by atoms with Crippen LogP contribution in [-0.2, 0) is 23.8 Å². The predicted octanol–water partition coefficient (Wildman–Crippen LogP) is 2.27. The van der Waals surface area contributed by atoms with E-state index in [0.29, 0.717) is 18.9 Å². The van der Waals surface area contributed by atoms with E-state index in [1.165, 1.54) is 5.56 Å². The highest BCUT2D eigenvalue weighted by molar-refractivity contribution is 7.84. The fourth-order valence-electron chi connectivity index (χ4n) is 2.46. The van der Waals surface area contributed by atoms with Gasteiger partial charge in [-0.25, -0.2) is 0 Å². The van der Waals surface area contributed by atoms with Gasteiger partial charge in [0.25, 0.3) is 0 Å². The Kier molecular flexibility index (Phi) is 6.06. The monoisotopic (exact) mass is 311 g/mol. The molecular weight excluding hydrogens is 286 g/mol. The fraction of sp³-hybridized carbons (Fsp3) is 0.625. The quantitative estimate of drug-likeness (QED) is 0.748. The Hall–Kier alpha value is -1.07. The van der Waals surface area contributed by atoms with E-state index in [9.17, 15) is 4.21 Å². The summed E-state index contributed by atoms with van der Waals surface area (Å²) in [7, 11) is -0.716. The lowest BCUT2D eigenvalue weighted by atomic mass is 10.1. The molecule has 118 valence electrons. The van der Waals surface area contributed by atoms with Gasteiger partial charge in [-0.15, -0.1) is 0 Å². The first kappa shape index (κ1) is 16.3. The summed E-state index contributed by atoms with van der Waals surface area (Å²) in [6, 6.07) is 4.18. The second-order valence-electron chi connectivity index (χ2n) is 5.24. The third kappa shape index (κ3) is 4.45. The van der Waals surface area contributed by atoms with Crippen LogP contribution in [0.5, 0.6) is 11.5 Å². The number of fused-ring (bicyclic) bond motifs is 1. The highest BCUT2D eigenvalue weighted by atomic mass is 32.2. The van der Waals surface area contributed by atoms with E-state index in [4.69, 9.17) is 9.47 Å². The first-order valence-electron chi connectivity index (χ1n) is 7.65. The van der Waals surface area contributed by atoms with Gasteiger partial charge in [-0.3, -0.25) is 4.21 Å². The minimum absolute atomic E-state index is 0.240. The summed E-state index contributed by atoms with van der Waals surface area (Å²) in [6.45, 7) is 8.14. The second-order valence-corrected chi connectivity index (χ2v) is 7.11. The Balaban J connectivity index is 2.00. The van der Waals surface area contributed by atoms with Crippen LogP contribution < -0.4 is 14.8 Å². The van der Waals surface area contributed by atoms with Gasteiger partial charge in [0, 0.05) is 52.9 Å². The van der Waals surface area contributed by atoms with Crippen molar-refractivity contribution in [1.29, 1.82) is 0 Å². The number of rotatable bonds is 8. The highest BCUT2D eigenvalue weighted by Gasteiger charge is 2.21. The van der Waals surface area contributed by atoms with E-state index >= 15 is 0 Å². The zero-order valence-corrected chi connectivity index (χ0v) is 13.9. The van der Waals surface area contributed by atoms with Crippen molar-refractivity contribution in [1.82, 2.24) is 5.32 Å². The van der Waals surface area contributed by atoms with Crippen molar-refractivity contribution in [3.8, 4) is 11.5 Å². The van der Waals surface area contributed by atoms with Crippen LogP contribution in [0.1, 0.15) is 31.9 Å². The molecule has 0 saturated carbocycles. The van der Waals surface area contributed by atoms with Crippen molar-refractivity contribution in [3.05, 3.63) is 23.3 Å². The van der Waals surface area contributed by atoms with Crippen molar-refractivity contribution in [3.63, 3.8) is 0 Å². The summed E-state index contributed by atoms with van der Waals surface area (Å²) in [5, 5.41) is 3.34. The number of ether oxygens (including phenoxy) is 2. The average molecular weight is 311 g/mol. The van der Waals surface area contributed by atoms with Gasteiger partial charge in [-0.2, -0.15) is 0 Å². The van der Waals surface area contributed by atoms with Gasteiger partial charge in [0.15, 0.2) is 0 Å². The molecule has 0 fully saturated rings. The minimum Gasteiger partial charge on any atom is -0.494 e. The van der Waals surface area contributed by atoms with Crippen LogP contribution in [0.2, 0.25) is 0 Å². The molecule has 0 saturated heterocycles. The van der Waals surface area contributed by atoms with Gasteiger partial charge in [-0.1, -0.05) is 6.92 Å². The van der Waals surface area contributed by atoms with E-state index < -0.39 is 10.8 Å². The zero-order chi connectivity index (χ0) is 15.2. The van der Waals surface area contributed by atoms with Crippen LogP contribution in [0.3, 0.4) is 0 Å². The third-order valence-corrected chi connectivity index (χ3v) is 4.83. The summed E-state index contributed by atoms with van der Waals surface area (Å²) in [4.78, 5) is 0. The van der Waals surface area contributed by atoms with Gasteiger partial charge >= 0.3 is 0 Å². The molecule has 2 atom stereocenters. The topological polar surface area (TPSA) is 47.6 Å². The van der Waals surface area contributed by atoms with Crippen LogP contribution in [0, 0.1) is 0 Å². The average Bonchev–Trinajstić information content (AvgIpc) is 2.82. The van der Waals surface area contributed by atoms with E-state index in [-0.39, 0.29) is 6.10 Å². The van der Waals surface area contributed by atoms with Crippen molar-refractivity contribution in [2.75, 3.05) is 24.7 Å². The summed E-state index contributed by atoms with van der Waals surface area (Å²) in [6.07, 6.45) is 1.18. The van der Waals surface area contributed by atoms with Crippen molar-refractivity contribution in [2.24, 2.45) is 0 Å². The first-order chi connectivity index (χ1) is 10.1. The Morgan fingerprint density at radius 2 is 2.24 bits per heavy atom. The van der Waals surface area contributed by atoms with Crippen LogP contribution in [0.25, 0.3) is 0 Å². The molecule has 2 rings (SSSR count). The van der Waals surface area contributed by atoms with E-state index in [1.54, 1.807) is 0 Å². The third-order valence-electron chi connectivity index (χ3n) is 3.52. The highest BCUT2D eigenvalue weighted by Crippen LogP contribution is 2.35. The fourth-order valence-corrected chi connectivity index (χ4v) is 3.12. The van der Waals surface area contributed by atoms with Crippen molar-refractivity contribution >= 4 is 10.8 Å². The summed E-state index contributed by atoms with van der Waals surface area (Å²) in [5.74, 6) is 3.31. The number of nitrogens with one attached hydrogen (secondary N) is 1. The number of benzene rings is 1. The lowest BCUT2D eigenvalue weighted by molar-refractivity contribution is 0.254. The molecular formula is C16H25NO3S. The predicted molar refractivity (Wildman–Crippen MR) is 86.7 cm³/mol. The Morgan fingerprint density at radius 3 is 2.95 bits per heavy atom. The first-order valence-corrected chi connectivity index (χ1v) is 9.13. The van der Waals surface area contributed by atoms with Crippen LogP contribution >= 0.6 is 0 Å². The molecule has 1 N–H and O–H groups in total. The molecule has 1 heterocycles. The molecule has 5 heteroatoms. The molecule has 1 aromatic rings. The van der Waals surface area contributed by atoms with Crippen LogP contribution in [0.4, 0.5) is 0 Å². The molecule has 21 heavy (non-hydrogen) atoms. The smallest absolute Gasteiger partial charge is 0.124 e. The summed E-state index contributed by atoms with van der Waals surface area (Å²) < 4.78 is 23.0. The molecule has 1 aromatic carbocycles. The van der Waals surface area contributed by atoms with Crippen LogP contribution in [0.15, 0.2) is 12.1 Å². The molecule has 0 radical (unpaired) electrons. The van der Waals surface area contributed by atoms with Gasteiger partial charge < -0.3 is 14.8 Å². The Morgan fingerprint density at radius 1 is 1.43 bits per heavy atom. The molecule has 4 nitrogen and oxygen atoms in total. The zero-order valence-electron chi connectivity index (χ0n) is 13.1. The molecule has 0 aromatic heterocycles. The van der Waals surface area contributed by atoms with E-state index in [1.807, 2.05) is 13.8 Å². The Bertz CT molecular complexity index is 505. The molecule has 0 aliphatic carbocycles. The van der Waals surface area contributed by atoms with Gasteiger partial charge in [-0.05, 0) is 26.0 Å². The van der Waals surface area contributed by atoms with E-state index in [0.717, 1.165) is 35.8 Å². The molecule has 2 unspecified atom stereocenters. The number of hydrogen-bond donors (Lipinski definition) is 1. The maximum Gasteiger partial charge on any atom is 0.124 e. The van der Waals surface area contributed by atoms with Crippen molar-refractivity contribution in [2.45, 2.75) is 39.8 Å². The lowest BCUT2D eigenvalue weighted by Gasteiger charge is -2.13. The normalized spacial score (nSPS) is 18.1. The van der Waals surface area contributed by atoms with Gasteiger partial charge in [0.05, 0.1) is 6.61 Å². The van der Waals surface area contributed by atoms with Crippen molar-refractivity contribution < 1.29 is 13.7 Å². The standard InChI is InChI=1S/C16H25NO3S/c1-4-19-15-9-13-8-12(3)20-16(13)10-14(15)11-17-6-7-21(18)5-2/h9-10,12,17H,4-8,11H2,1-3H3. The lowest BCUT2D eigenvalue weighted by Crippen LogP contribution is -2.21. The van der Waals surface area contributed by atoms with E-state index in [2.05, 4.69) is 24.4 Å². The largest absolute Gasteiger partial charge is 0.494 e. The maximum atomic E-state index is 11.4. The Labute approximate surface area is 129 Å². The SMILES string of the molecule is CCOc1cc2c(cc1CNCCS(=O)CC)OC(C)C2. The van der Waals surface area contributed by atoms with Gasteiger partial charge in [0.1, 0.15) is 17.6 Å². The molecule has 1 aliphatic heterocycles. The molecule has 0 bridgehead atoms. The number of hydrogen-bond acceptors (Lipinski definition) is 4. The summed E-state index contributed by atoms with van der Waals surface area (Å²) in [5.41, 5.74) is 2.33. The minimum atomic E-state index is -0.716. The van der Waals surface area contributed by atoms with Gasteiger partial charge in [0.2, 0.25) is 0 Å². The molecule has 1 aliphatic rings.